The van der Waals surface area contributed by atoms with Crippen molar-refractivity contribution >= 4 is 23.2 Å². The van der Waals surface area contributed by atoms with Crippen molar-refractivity contribution in [2.75, 3.05) is 0 Å². The van der Waals surface area contributed by atoms with Crippen LogP contribution >= 0.6 is 23.2 Å². The Balaban J connectivity index is 2.20. The molecule has 2 nitrogen and oxygen atoms in total. The van der Waals surface area contributed by atoms with E-state index < -0.39 is 5.82 Å². The molecular weight excluding hydrogens is 288 g/mol. The van der Waals surface area contributed by atoms with E-state index in [0.29, 0.717) is 16.3 Å². The number of halogens is 3. The monoisotopic (exact) mass is 295 g/mol. The second-order valence-corrected chi connectivity index (χ2v) is 4.56. The Kier molecular flexibility index (Phi) is 4.26. The highest BCUT2D eigenvalue weighted by atomic mass is 35.5. The molecule has 2 rings (SSSR count). The van der Waals surface area contributed by atoms with E-state index in [2.05, 4.69) is 0 Å². The lowest BCUT2D eigenvalue weighted by Crippen LogP contribution is -1.98. The van der Waals surface area contributed by atoms with Crippen LogP contribution in [0.25, 0.3) is 0 Å². The molecule has 0 spiro atoms. The molecule has 0 amide bonds. The first-order valence-electron chi connectivity index (χ1n) is 5.37. The fourth-order valence-corrected chi connectivity index (χ4v) is 1.96. The van der Waals surface area contributed by atoms with E-state index in [1.165, 1.54) is 18.2 Å². The van der Waals surface area contributed by atoms with Gasteiger partial charge < -0.3 is 4.74 Å². The molecule has 96 valence electrons. The molecule has 19 heavy (non-hydrogen) atoms. The van der Waals surface area contributed by atoms with E-state index in [0.717, 1.165) is 0 Å². The van der Waals surface area contributed by atoms with Crippen molar-refractivity contribution in [1.29, 1.82) is 5.26 Å². The van der Waals surface area contributed by atoms with Crippen LogP contribution in [-0.2, 0) is 6.61 Å². The van der Waals surface area contributed by atoms with E-state index in [9.17, 15) is 4.39 Å². The number of nitriles is 1. The molecular formula is C14H8Cl2FNO. The summed E-state index contributed by atoms with van der Waals surface area (Å²) in [5.74, 6) is -0.0374. The third-order valence-corrected chi connectivity index (χ3v) is 3.15. The van der Waals surface area contributed by atoms with E-state index in [1.54, 1.807) is 18.2 Å². The van der Waals surface area contributed by atoms with Crippen molar-refractivity contribution in [2.24, 2.45) is 0 Å². The molecule has 0 saturated carbocycles. The average Bonchev–Trinajstić information content (AvgIpc) is 2.38. The summed E-state index contributed by atoms with van der Waals surface area (Å²) in [6.07, 6.45) is 0. The molecule has 0 bridgehead atoms. The van der Waals surface area contributed by atoms with Crippen LogP contribution in [0.1, 0.15) is 11.1 Å². The smallest absolute Gasteiger partial charge is 0.139 e. The molecule has 0 saturated heterocycles. The van der Waals surface area contributed by atoms with Gasteiger partial charge in [0.15, 0.2) is 0 Å². The molecule has 0 heterocycles. The van der Waals surface area contributed by atoms with Gasteiger partial charge in [-0.3, -0.25) is 0 Å². The van der Waals surface area contributed by atoms with Crippen LogP contribution in [0.5, 0.6) is 5.75 Å². The van der Waals surface area contributed by atoms with E-state index >= 15 is 0 Å². The van der Waals surface area contributed by atoms with Crippen molar-refractivity contribution in [1.82, 2.24) is 0 Å². The molecule has 0 radical (unpaired) electrons. The molecule has 2 aromatic carbocycles. The third kappa shape index (κ3) is 3.17. The highest BCUT2D eigenvalue weighted by molar-refractivity contribution is 6.32. The zero-order chi connectivity index (χ0) is 13.8. The zero-order valence-corrected chi connectivity index (χ0v) is 11.2. The molecule has 0 aromatic heterocycles. The summed E-state index contributed by atoms with van der Waals surface area (Å²) in [6.45, 7) is 0.133. The summed E-state index contributed by atoms with van der Waals surface area (Å²) in [7, 11) is 0. The molecule has 0 aliphatic carbocycles. The number of benzene rings is 2. The Morgan fingerprint density at radius 2 is 1.95 bits per heavy atom. The van der Waals surface area contributed by atoms with Gasteiger partial charge in [-0.15, -0.1) is 0 Å². The number of hydrogen-bond acceptors (Lipinski definition) is 2. The molecule has 0 unspecified atom stereocenters. The first-order valence-corrected chi connectivity index (χ1v) is 6.12. The molecule has 0 atom stereocenters. The van der Waals surface area contributed by atoms with E-state index in [-0.39, 0.29) is 17.2 Å². The predicted molar refractivity (Wildman–Crippen MR) is 71.9 cm³/mol. The second-order valence-electron chi connectivity index (χ2n) is 3.75. The lowest BCUT2D eigenvalue weighted by molar-refractivity contribution is 0.305. The van der Waals surface area contributed by atoms with E-state index in [1.807, 2.05) is 6.07 Å². The average molecular weight is 296 g/mol. The summed E-state index contributed by atoms with van der Waals surface area (Å²) in [6, 6.07) is 11.0. The van der Waals surface area contributed by atoms with Gasteiger partial charge in [0.1, 0.15) is 29.8 Å². The number of rotatable bonds is 3. The number of nitrogens with zero attached hydrogens (tertiary/aromatic N) is 1. The maximum Gasteiger partial charge on any atom is 0.139 e. The van der Waals surface area contributed by atoms with Gasteiger partial charge in [-0.05, 0) is 24.3 Å². The summed E-state index contributed by atoms with van der Waals surface area (Å²) in [5.41, 5.74) is 0.898. The summed E-state index contributed by atoms with van der Waals surface area (Å²) < 4.78 is 18.4. The van der Waals surface area contributed by atoms with Gasteiger partial charge in [0.2, 0.25) is 0 Å². The third-order valence-electron chi connectivity index (χ3n) is 2.49. The molecule has 2 aromatic rings. The van der Waals surface area contributed by atoms with Gasteiger partial charge in [-0.2, -0.15) is 5.26 Å². The quantitative estimate of drug-likeness (QED) is 0.830. The maximum atomic E-state index is 12.9. The van der Waals surface area contributed by atoms with Crippen molar-refractivity contribution in [2.45, 2.75) is 6.61 Å². The maximum absolute atomic E-state index is 12.9. The van der Waals surface area contributed by atoms with Gasteiger partial charge in [-0.25, -0.2) is 4.39 Å². The standard InChI is InChI=1S/C14H8Cl2FNO/c15-12-2-1-3-14(11(12)7-18)19-8-9-4-5-10(17)6-13(9)16/h1-6H,8H2. The lowest BCUT2D eigenvalue weighted by Gasteiger charge is -2.09. The van der Waals surface area contributed by atoms with Crippen molar-refractivity contribution < 1.29 is 9.13 Å². The Bertz CT molecular complexity index is 652. The van der Waals surface area contributed by atoms with Crippen LogP contribution in [0.3, 0.4) is 0 Å². The van der Waals surface area contributed by atoms with Crippen LogP contribution in [0, 0.1) is 17.1 Å². The van der Waals surface area contributed by atoms with Gasteiger partial charge >= 0.3 is 0 Å². The van der Waals surface area contributed by atoms with Crippen LogP contribution in [0.2, 0.25) is 10.0 Å². The largest absolute Gasteiger partial charge is 0.487 e. The summed E-state index contributed by atoms with van der Waals surface area (Å²) >= 11 is 11.8. The fourth-order valence-electron chi connectivity index (χ4n) is 1.53. The van der Waals surface area contributed by atoms with Crippen molar-refractivity contribution in [3.63, 3.8) is 0 Å². The number of hydrogen-bond donors (Lipinski definition) is 0. The minimum atomic E-state index is -0.408. The summed E-state index contributed by atoms with van der Waals surface area (Å²) in [4.78, 5) is 0. The Morgan fingerprint density at radius 3 is 2.63 bits per heavy atom. The minimum absolute atomic E-state index is 0.133. The van der Waals surface area contributed by atoms with Crippen LogP contribution in [0.4, 0.5) is 4.39 Å². The van der Waals surface area contributed by atoms with Crippen molar-refractivity contribution in [3.8, 4) is 11.8 Å². The minimum Gasteiger partial charge on any atom is -0.487 e. The van der Waals surface area contributed by atoms with Gasteiger partial charge in [0.05, 0.1) is 10.0 Å². The molecule has 0 N–H and O–H groups in total. The van der Waals surface area contributed by atoms with Crippen LogP contribution in [-0.4, -0.2) is 0 Å². The lowest BCUT2D eigenvalue weighted by atomic mass is 10.2. The normalized spacial score (nSPS) is 10.0. The second kappa shape index (κ2) is 5.92. The highest BCUT2D eigenvalue weighted by Gasteiger charge is 2.09. The Labute approximate surface area is 119 Å². The summed E-state index contributed by atoms with van der Waals surface area (Å²) in [5, 5.41) is 9.60. The van der Waals surface area contributed by atoms with Crippen molar-refractivity contribution in [3.05, 3.63) is 63.4 Å². The SMILES string of the molecule is N#Cc1c(Cl)cccc1OCc1ccc(F)cc1Cl. The first-order chi connectivity index (χ1) is 9.11. The van der Waals surface area contributed by atoms with E-state index in [4.69, 9.17) is 33.2 Å². The highest BCUT2D eigenvalue weighted by Crippen LogP contribution is 2.27. The van der Waals surface area contributed by atoms with Crippen LogP contribution < -0.4 is 4.74 Å². The number of ether oxygens (including phenoxy) is 1. The first kappa shape index (κ1) is 13.7. The van der Waals surface area contributed by atoms with Gasteiger partial charge in [-0.1, -0.05) is 35.3 Å². The van der Waals surface area contributed by atoms with Gasteiger partial charge in [0.25, 0.3) is 0 Å². The van der Waals surface area contributed by atoms with Crippen LogP contribution in [0.15, 0.2) is 36.4 Å². The fraction of sp³-hybridized carbons (Fsp3) is 0.0714. The topological polar surface area (TPSA) is 33.0 Å². The zero-order valence-electron chi connectivity index (χ0n) is 9.66. The molecule has 0 aliphatic rings. The molecule has 0 fully saturated rings. The Morgan fingerprint density at radius 1 is 1.16 bits per heavy atom. The Hall–Kier alpha value is -1.76. The van der Waals surface area contributed by atoms with Gasteiger partial charge in [0, 0.05) is 5.56 Å². The molecule has 0 aliphatic heterocycles. The predicted octanol–water partition coefficient (Wildman–Crippen LogP) is 4.58. The molecule has 5 heteroatoms.